The lowest BCUT2D eigenvalue weighted by Crippen LogP contribution is -2.37. The van der Waals surface area contributed by atoms with E-state index < -0.39 is 12.0 Å². The first kappa shape index (κ1) is 8.69. The molecule has 1 saturated carbocycles. The second kappa shape index (κ2) is 3.10. The van der Waals surface area contributed by atoms with Crippen LogP contribution in [0, 0.1) is 11.8 Å². The van der Waals surface area contributed by atoms with Crippen LogP contribution >= 0.6 is 0 Å². The molecule has 2 fully saturated rings. The number of hydrogen-bond donors (Lipinski definition) is 2. The van der Waals surface area contributed by atoms with Crippen molar-refractivity contribution < 1.29 is 14.7 Å². The van der Waals surface area contributed by atoms with Crippen molar-refractivity contribution in [1.29, 1.82) is 0 Å². The highest BCUT2D eigenvalue weighted by Crippen LogP contribution is 2.34. The molecular weight excluding hydrogens is 170 g/mol. The maximum absolute atomic E-state index is 11.1. The molecule has 2 rings (SSSR count). The fraction of sp³-hybridized carbons (Fsp3) is 0.778. The van der Waals surface area contributed by atoms with Crippen LogP contribution in [0.5, 0.6) is 0 Å². The molecule has 0 aromatic heterocycles. The third kappa shape index (κ3) is 1.46. The van der Waals surface area contributed by atoms with Crippen molar-refractivity contribution in [3.8, 4) is 0 Å². The van der Waals surface area contributed by atoms with Gasteiger partial charge in [0.25, 0.3) is 0 Å². The average Bonchev–Trinajstić information content (AvgIpc) is 2.46. The standard InChI is InChI=1S/C9H13NO3/c11-6-1-2-7-5(3-6)4-10-8(7)9(12)13/h5,7-8,10H,1-4H2,(H,12,13). The van der Waals surface area contributed by atoms with Crippen molar-refractivity contribution in [2.24, 2.45) is 11.8 Å². The van der Waals surface area contributed by atoms with E-state index in [1.165, 1.54) is 0 Å². The van der Waals surface area contributed by atoms with E-state index >= 15 is 0 Å². The molecule has 3 unspecified atom stereocenters. The number of carboxylic acids is 1. The Morgan fingerprint density at radius 2 is 2.31 bits per heavy atom. The van der Waals surface area contributed by atoms with Gasteiger partial charge in [-0.2, -0.15) is 0 Å². The summed E-state index contributed by atoms with van der Waals surface area (Å²) in [6.07, 6.45) is 1.88. The number of rotatable bonds is 1. The van der Waals surface area contributed by atoms with E-state index in [1.807, 2.05) is 0 Å². The zero-order valence-electron chi connectivity index (χ0n) is 7.32. The van der Waals surface area contributed by atoms with E-state index in [4.69, 9.17) is 5.11 Å². The van der Waals surface area contributed by atoms with Crippen LogP contribution in [0.15, 0.2) is 0 Å². The molecule has 13 heavy (non-hydrogen) atoms. The first-order valence-corrected chi connectivity index (χ1v) is 4.66. The minimum Gasteiger partial charge on any atom is -0.480 e. The highest BCUT2D eigenvalue weighted by molar-refractivity contribution is 5.81. The second-order valence-corrected chi connectivity index (χ2v) is 3.93. The van der Waals surface area contributed by atoms with Crippen LogP contribution in [0.25, 0.3) is 0 Å². The number of aliphatic carboxylic acids is 1. The summed E-state index contributed by atoms with van der Waals surface area (Å²) in [4.78, 5) is 21.9. The summed E-state index contributed by atoms with van der Waals surface area (Å²) < 4.78 is 0. The summed E-state index contributed by atoms with van der Waals surface area (Å²) in [5, 5.41) is 11.8. The summed E-state index contributed by atoms with van der Waals surface area (Å²) >= 11 is 0. The largest absolute Gasteiger partial charge is 0.480 e. The monoisotopic (exact) mass is 183 g/mol. The summed E-state index contributed by atoms with van der Waals surface area (Å²) in [6, 6.07) is -0.418. The third-order valence-corrected chi connectivity index (χ3v) is 3.15. The van der Waals surface area contributed by atoms with E-state index in [0.717, 1.165) is 6.42 Å². The molecule has 0 aromatic rings. The van der Waals surface area contributed by atoms with Gasteiger partial charge >= 0.3 is 5.97 Å². The lowest BCUT2D eigenvalue weighted by Gasteiger charge is -2.25. The molecule has 0 radical (unpaired) electrons. The maximum Gasteiger partial charge on any atom is 0.320 e. The maximum atomic E-state index is 11.1. The molecule has 0 bridgehead atoms. The molecule has 0 aromatic carbocycles. The number of ketones is 1. The number of Topliss-reactive ketones (excluding diaryl/α,β-unsaturated/α-hetero) is 1. The van der Waals surface area contributed by atoms with Crippen molar-refractivity contribution in [2.45, 2.75) is 25.3 Å². The van der Waals surface area contributed by atoms with E-state index in [0.29, 0.717) is 19.4 Å². The van der Waals surface area contributed by atoms with Crippen molar-refractivity contribution in [1.82, 2.24) is 5.32 Å². The molecule has 0 spiro atoms. The Labute approximate surface area is 76.3 Å². The first-order chi connectivity index (χ1) is 6.18. The Morgan fingerprint density at radius 3 is 3.00 bits per heavy atom. The molecule has 72 valence electrons. The summed E-state index contributed by atoms with van der Waals surface area (Å²) in [6.45, 7) is 0.688. The molecule has 2 N–H and O–H groups in total. The normalized spacial score (nSPS) is 38.8. The van der Waals surface area contributed by atoms with Gasteiger partial charge in [0.1, 0.15) is 11.8 Å². The van der Waals surface area contributed by atoms with Crippen molar-refractivity contribution >= 4 is 11.8 Å². The molecule has 1 aliphatic carbocycles. The van der Waals surface area contributed by atoms with Gasteiger partial charge in [-0.05, 0) is 24.8 Å². The van der Waals surface area contributed by atoms with E-state index in [1.54, 1.807) is 0 Å². The van der Waals surface area contributed by atoms with E-state index in [-0.39, 0.29) is 17.6 Å². The number of nitrogens with one attached hydrogen (secondary N) is 1. The second-order valence-electron chi connectivity index (χ2n) is 3.93. The average molecular weight is 183 g/mol. The summed E-state index contributed by atoms with van der Waals surface area (Å²) in [5.41, 5.74) is 0. The van der Waals surface area contributed by atoms with Crippen LogP contribution in [0.3, 0.4) is 0 Å². The Hall–Kier alpha value is -0.900. The van der Waals surface area contributed by atoms with Gasteiger partial charge in [0.2, 0.25) is 0 Å². The number of fused-ring (bicyclic) bond motifs is 1. The first-order valence-electron chi connectivity index (χ1n) is 4.66. The molecule has 1 heterocycles. The van der Waals surface area contributed by atoms with Gasteiger partial charge in [-0.15, -0.1) is 0 Å². The molecule has 2 aliphatic rings. The van der Waals surface area contributed by atoms with Crippen LogP contribution < -0.4 is 5.32 Å². The van der Waals surface area contributed by atoms with Gasteiger partial charge in [0.15, 0.2) is 0 Å². The zero-order chi connectivity index (χ0) is 9.42. The zero-order valence-corrected chi connectivity index (χ0v) is 7.32. The Kier molecular flexibility index (Phi) is 2.07. The molecule has 1 aliphatic heterocycles. The predicted octanol–water partition coefficient (Wildman–Crippen LogP) is 0.0282. The molecule has 4 heteroatoms. The van der Waals surface area contributed by atoms with Gasteiger partial charge in [-0.25, -0.2) is 0 Å². The summed E-state index contributed by atoms with van der Waals surface area (Å²) in [7, 11) is 0. The van der Waals surface area contributed by atoms with Crippen LogP contribution in [-0.4, -0.2) is 29.4 Å². The van der Waals surface area contributed by atoms with Crippen LogP contribution in [0.4, 0.5) is 0 Å². The van der Waals surface area contributed by atoms with Crippen LogP contribution in [0.1, 0.15) is 19.3 Å². The quantitative estimate of drug-likeness (QED) is 0.601. The Morgan fingerprint density at radius 1 is 1.54 bits per heavy atom. The molecular formula is C9H13NO3. The lowest BCUT2D eigenvalue weighted by atomic mass is 9.78. The minimum absolute atomic E-state index is 0.176. The van der Waals surface area contributed by atoms with Gasteiger partial charge in [-0.3, -0.25) is 9.59 Å². The van der Waals surface area contributed by atoms with Crippen LogP contribution in [0.2, 0.25) is 0 Å². The minimum atomic E-state index is -0.776. The number of carbonyl (C=O) groups is 2. The Balaban J connectivity index is 2.08. The molecule has 4 nitrogen and oxygen atoms in total. The molecule has 3 atom stereocenters. The van der Waals surface area contributed by atoms with Crippen LogP contribution in [-0.2, 0) is 9.59 Å². The molecule has 0 amide bonds. The summed E-state index contributed by atoms with van der Waals surface area (Å²) in [5.74, 6) is -0.0477. The smallest absolute Gasteiger partial charge is 0.320 e. The fourth-order valence-corrected chi connectivity index (χ4v) is 2.47. The van der Waals surface area contributed by atoms with Crippen molar-refractivity contribution in [3.63, 3.8) is 0 Å². The van der Waals surface area contributed by atoms with Crippen molar-refractivity contribution in [2.75, 3.05) is 6.54 Å². The SMILES string of the molecule is O=C1CCC2C(CNC2C(=O)O)C1. The number of hydrogen-bond acceptors (Lipinski definition) is 3. The highest BCUT2D eigenvalue weighted by atomic mass is 16.4. The lowest BCUT2D eigenvalue weighted by molar-refractivity contribution is -0.141. The van der Waals surface area contributed by atoms with Gasteiger partial charge in [0, 0.05) is 12.8 Å². The number of carbonyl (C=O) groups excluding carboxylic acids is 1. The topological polar surface area (TPSA) is 66.4 Å². The Bertz CT molecular complexity index is 251. The number of carboxylic acid groups (broad SMARTS) is 1. The van der Waals surface area contributed by atoms with E-state index in [2.05, 4.69) is 5.32 Å². The predicted molar refractivity (Wildman–Crippen MR) is 45.3 cm³/mol. The highest BCUT2D eigenvalue weighted by Gasteiger charge is 2.42. The van der Waals surface area contributed by atoms with Gasteiger partial charge in [-0.1, -0.05) is 0 Å². The van der Waals surface area contributed by atoms with Crippen molar-refractivity contribution in [3.05, 3.63) is 0 Å². The van der Waals surface area contributed by atoms with E-state index in [9.17, 15) is 9.59 Å². The van der Waals surface area contributed by atoms with Gasteiger partial charge in [0.05, 0.1) is 0 Å². The van der Waals surface area contributed by atoms with Gasteiger partial charge < -0.3 is 10.4 Å². The fourth-order valence-electron chi connectivity index (χ4n) is 2.47. The third-order valence-electron chi connectivity index (χ3n) is 3.15. The molecule has 1 saturated heterocycles.